The maximum Gasteiger partial charge on any atom is 0.273 e. The Balaban J connectivity index is 1.57. The molecule has 5 heterocycles. The molecule has 3 saturated heterocycles. The van der Waals surface area contributed by atoms with Gasteiger partial charge in [0.15, 0.2) is 0 Å². The second kappa shape index (κ2) is 6.50. The van der Waals surface area contributed by atoms with Crippen LogP contribution in [0.1, 0.15) is 45.4 Å². The summed E-state index contributed by atoms with van der Waals surface area (Å²) in [6.45, 7) is 7.19. The topological polar surface area (TPSA) is 79.5 Å². The van der Waals surface area contributed by atoms with Gasteiger partial charge in [-0.05, 0) is 33.6 Å². The van der Waals surface area contributed by atoms with Gasteiger partial charge in [0.1, 0.15) is 11.5 Å². The standard InChI is InChI=1S/C18H22N4O3S/c1-10-15(11(2)25-20-10)8-22-14-5-4-13(17(22)23)6-21(7-14)18(24)16-9-26-12(3)19-16/h9,13-14H,4-8H2,1-3H3/t13-,14+/m0/s1. The monoisotopic (exact) mass is 374 g/mol. The number of carbonyl (C=O) groups excluding carboxylic acids is 2. The van der Waals surface area contributed by atoms with Crippen molar-refractivity contribution in [2.24, 2.45) is 5.92 Å². The zero-order valence-electron chi connectivity index (χ0n) is 15.2. The summed E-state index contributed by atoms with van der Waals surface area (Å²) in [5.74, 6) is 0.670. The zero-order valence-corrected chi connectivity index (χ0v) is 16.0. The number of aryl methyl sites for hydroxylation is 3. The fourth-order valence-electron chi connectivity index (χ4n) is 3.94. The van der Waals surface area contributed by atoms with Crippen LogP contribution in [0.25, 0.3) is 0 Å². The van der Waals surface area contributed by atoms with E-state index in [9.17, 15) is 9.59 Å². The molecule has 0 radical (unpaired) electrons. The predicted molar refractivity (Wildman–Crippen MR) is 95.8 cm³/mol. The molecule has 8 heteroatoms. The highest BCUT2D eigenvalue weighted by molar-refractivity contribution is 7.09. The molecule has 0 aliphatic carbocycles. The Kier molecular flexibility index (Phi) is 4.30. The number of aromatic nitrogens is 2. The molecule has 2 atom stereocenters. The smallest absolute Gasteiger partial charge is 0.273 e. The predicted octanol–water partition coefficient (Wildman–Crippen LogP) is 2.32. The molecule has 138 valence electrons. The Hall–Kier alpha value is -2.22. The summed E-state index contributed by atoms with van der Waals surface area (Å²) in [4.78, 5) is 33.9. The molecule has 3 aliphatic rings. The average molecular weight is 374 g/mol. The number of fused-ring (bicyclic) bond motifs is 4. The van der Waals surface area contributed by atoms with E-state index in [1.165, 1.54) is 11.3 Å². The lowest BCUT2D eigenvalue weighted by molar-refractivity contribution is -0.140. The van der Waals surface area contributed by atoms with Crippen molar-refractivity contribution in [2.75, 3.05) is 13.1 Å². The summed E-state index contributed by atoms with van der Waals surface area (Å²) >= 11 is 1.47. The maximum atomic E-state index is 13.0. The second-order valence-corrected chi connectivity index (χ2v) is 8.22. The van der Waals surface area contributed by atoms with Crippen LogP contribution >= 0.6 is 11.3 Å². The van der Waals surface area contributed by atoms with Gasteiger partial charge in [-0.2, -0.15) is 0 Å². The van der Waals surface area contributed by atoms with Gasteiger partial charge in [-0.3, -0.25) is 9.59 Å². The van der Waals surface area contributed by atoms with Gasteiger partial charge in [0.2, 0.25) is 5.91 Å². The second-order valence-electron chi connectivity index (χ2n) is 7.16. The molecule has 2 bridgehead atoms. The van der Waals surface area contributed by atoms with E-state index < -0.39 is 0 Å². The molecule has 0 saturated carbocycles. The van der Waals surface area contributed by atoms with Gasteiger partial charge in [0, 0.05) is 30.1 Å². The highest BCUT2D eigenvalue weighted by Gasteiger charge is 2.42. The fourth-order valence-corrected chi connectivity index (χ4v) is 4.52. The summed E-state index contributed by atoms with van der Waals surface area (Å²) in [5, 5.41) is 6.67. The Morgan fingerprint density at radius 1 is 1.31 bits per heavy atom. The number of piperidine rings is 1. The molecule has 0 spiro atoms. The summed E-state index contributed by atoms with van der Waals surface area (Å²) in [6.07, 6.45) is 1.75. The minimum Gasteiger partial charge on any atom is -0.361 e. The molecule has 2 aromatic rings. The first-order valence-electron chi connectivity index (χ1n) is 8.87. The molecule has 0 N–H and O–H groups in total. The highest BCUT2D eigenvalue weighted by Crippen LogP contribution is 2.32. The van der Waals surface area contributed by atoms with Gasteiger partial charge in [-0.25, -0.2) is 4.98 Å². The van der Waals surface area contributed by atoms with E-state index in [1.807, 2.05) is 30.6 Å². The van der Waals surface area contributed by atoms with Crippen molar-refractivity contribution in [3.05, 3.63) is 33.1 Å². The Morgan fingerprint density at radius 2 is 2.12 bits per heavy atom. The lowest BCUT2D eigenvalue weighted by Gasteiger charge is -2.35. The minimum atomic E-state index is -0.141. The van der Waals surface area contributed by atoms with E-state index in [0.717, 1.165) is 34.9 Å². The van der Waals surface area contributed by atoms with Crippen molar-refractivity contribution < 1.29 is 14.1 Å². The Morgan fingerprint density at radius 3 is 2.77 bits per heavy atom. The number of amides is 2. The third kappa shape index (κ3) is 2.92. The van der Waals surface area contributed by atoms with Gasteiger partial charge in [0.05, 0.1) is 23.2 Å². The van der Waals surface area contributed by atoms with Crippen LogP contribution in [0.2, 0.25) is 0 Å². The van der Waals surface area contributed by atoms with Crippen LogP contribution in [-0.4, -0.2) is 50.9 Å². The number of hydrogen-bond acceptors (Lipinski definition) is 6. The van der Waals surface area contributed by atoms with Crippen LogP contribution in [0.4, 0.5) is 0 Å². The Bertz CT molecular complexity index is 839. The molecular formula is C18H22N4O3S. The zero-order chi connectivity index (χ0) is 18.4. The van der Waals surface area contributed by atoms with E-state index in [4.69, 9.17) is 4.52 Å². The lowest BCUT2D eigenvalue weighted by Crippen LogP contribution is -2.47. The van der Waals surface area contributed by atoms with Gasteiger partial charge >= 0.3 is 0 Å². The van der Waals surface area contributed by atoms with Crippen molar-refractivity contribution >= 4 is 23.2 Å². The van der Waals surface area contributed by atoms with Crippen molar-refractivity contribution in [1.29, 1.82) is 0 Å². The molecule has 5 rings (SSSR count). The molecule has 7 nitrogen and oxygen atoms in total. The molecular weight excluding hydrogens is 352 g/mol. The van der Waals surface area contributed by atoms with Crippen molar-refractivity contribution in [3.8, 4) is 0 Å². The average Bonchev–Trinajstić information content (AvgIpc) is 3.06. The van der Waals surface area contributed by atoms with Crippen molar-refractivity contribution in [3.63, 3.8) is 0 Å². The quantitative estimate of drug-likeness (QED) is 0.824. The number of rotatable bonds is 3. The SMILES string of the molecule is Cc1nc(C(=O)N2C[C@@H]3CC[C@H](C2)N(Cc2c(C)noc2C)C3=O)cs1. The largest absolute Gasteiger partial charge is 0.361 e. The molecule has 26 heavy (non-hydrogen) atoms. The Labute approximate surface area is 156 Å². The highest BCUT2D eigenvalue weighted by atomic mass is 32.1. The van der Waals surface area contributed by atoms with E-state index in [2.05, 4.69) is 10.1 Å². The van der Waals surface area contributed by atoms with Gasteiger partial charge in [-0.15, -0.1) is 11.3 Å². The normalized spacial score (nSPS) is 22.8. The third-order valence-corrected chi connectivity index (χ3v) is 6.20. The maximum absolute atomic E-state index is 13.0. The van der Waals surface area contributed by atoms with Gasteiger partial charge in [-0.1, -0.05) is 5.16 Å². The van der Waals surface area contributed by atoms with Crippen LogP contribution in [0.5, 0.6) is 0 Å². The van der Waals surface area contributed by atoms with Crippen LogP contribution in [-0.2, 0) is 11.3 Å². The molecule has 0 unspecified atom stereocenters. The first kappa shape index (κ1) is 17.2. The summed E-state index contributed by atoms with van der Waals surface area (Å²) in [6, 6.07) is 0.0265. The molecule has 2 amide bonds. The first-order valence-corrected chi connectivity index (χ1v) is 9.75. The van der Waals surface area contributed by atoms with Crippen molar-refractivity contribution in [2.45, 2.75) is 46.2 Å². The molecule has 2 aromatic heterocycles. The van der Waals surface area contributed by atoms with Gasteiger partial charge in [0.25, 0.3) is 5.91 Å². The summed E-state index contributed by atoms with van der Waals surface area (Å²) in [5.41, 5.74) is 2.28. The fraction of sp³-hybridized carbons (Fsp3) is 0.556. The van der Waals surface area contributed by atoms with Crippen LogP contribution in [0.3, 0.4) is 0 Å². The molecule has 0 aromatic carbocycles. The third-order valence-electron chi connectivity index (χ3n) is 5.43. The molecule has 3 aliphatic heterocycles. The van der Waals surface area contributed by atoms with Crippen LogP contribution in [0.15, 0.2) is 9.90 Å². The molecule has 3 fully saturated rings. The van der Waals surface area contributed by atoms with Crippen LogP contribution < -0.4 is 0 Å². The number of nitrogens with zero attached hydrogens (tertiary/aromatic N) is 4. The lowest BCUT2D eigenvalue weighted by atomic mass is 9.93. The number of hydrogen-bond donors (Lipinski definition) is 0. The minimum absolute atomic E-state index is 0.0265. The van der Waals surface area contributed by atoms with E-state index in [0.29, 0.717) is 25.3 Å². The van der Waals surface area contributed by atoms with E-state index >= 15 is 0 Å². The number of carbonyl (C=O) groups is 2. The van der Waals surface area contributed by atoms with Crippen LogP contribution in [0, 0.1) is 26.7 Å². The summed E-state index contributed by atoms with van der Waals surface area (Å²) < 4.78 is 5.24. The van der Waals surface area contributed by atoms with E-state index in [1.54, 1.807) is 5.38 Å². The number of thiazole rings is 1. The summed E-state index contributed by atoms with van der Waals surface area (Å²) in [7, 11) is 0. The first-order chi connectivity index (χ1) is 12.4. The van der Waals surface area contributed by atoms with Gasteiger partial charge < -0.3 is 14.3 Å². The van der Waals surface area contributed by atoms with Crippen molar-refractivity contribution in [1.82, 2.24) is 19.9 Å². The van der Waals surface area contributed by atoms with E-state index in [-0.39, 0.29) is 23.8 Å².